The van der Waals surface area contributed by atoms with Crippen LogP contribution < -0.4 is 10.6 Å². The van der Waals surface area contributed by atoms with E-state index in [1.165, 1.54) is 12.8 Å². The number of hydrogen-bond donors (Lipinski definition) is 1. The van der Waals surface area contributed by atoms with E-state index in [-0.39, 0.29) is 0 Å². The normalized spacial score (nSPS) is 11.1. The molecule has 0 fully saturated rings. The van der Waals surface area contributed by atoms with Crippen LogP contribution in [0.3, 0.4) is 0 Å². The van der Waals surface area contributed by atoms with Crippen LogP contribution >= 0.6 is 0 Å². The maximum atomic E-state index is 6.01. The van der Waals surface area contributed by atoms with Gasteiger partial charge in [-0.3, -0.25) is 0 Å². The lowest BCUT2D eigenvalue weighted by Gasteiger charge is -2.28. The fraction of sp³-hybridized carbons (Fsp3) is 0.733. The Morgan fingerprint density at radius 1 is 1.11 bits per heavy atom. The molecule has 1 aromatic heterocycles. The van der Waals surface area contributed by atoms with E-state index in [0.29, 0.717) is 11.7 Å². The summed E-state index contributed by atoms with van der Waals surface area (Å²) in [5.41, 5.74) is 7.01. The molecule has 0 amide bonds. The molecule has 0 aliphatic heterocycles. The summed E-state index contributed by atoms with van der Waals surface area (Å²) in [4.78, 5) is 11.3. The second-order valence-corrected chi connectivity index (χ2v) is 5.05. The van der Waals surface area contributed by atoms with Crippen LogP contribution in [0.15, 0.2) is 0 Å². The molecule has 0 spiro atoms. The molecule has 4 nitrogen and oxygen atoms in total. The van der Waals surface area contributed by atoms with Gasteiger partial charge in [0.05, 0.1) is 0 Å². The van der Waals surface area contributed by atoms with Crippen molar-refractivity contribution in [3.8, 4) is 0 Å². The summed E-state index contributed by atoms with van der Waals surface area (Å²) in [5, 5.41) is 0. The average Bonchev–Trinajstić information content (AvgIpc) is 2.43. The molecule has 108 valence electrons. The maximum Gasteiger partial charge on any atom is 0.137 e. The lowest BCUT2D eigenvalue weighted by molar-refractivity contribution is 0.484. The zero-order valence-corrected chi connectivity index (χ0v) is 13.0. The predicted octanol–water partition coefficient (Wildman–Crippen LogP) is 3.19. The highest BCUT2D eigenvalue weighted by Crippen LogP contribution is 2.23. The monoisotopic (exact) mass is 264 g/mol. The zero-order valence-electron chi connectivity index (χ0n) is 13.0. The van der Waals surface area contributed by atoms with Crippen molar-refractivity contribution in [2.24, 2.45) is 5.92 Å². The summed E-state index contributed by atoms with van der Waals surface area (Å²) >= 11 is 0. The quantitative estimate of drug-likeness (QED) is 0.821. The zero-order chi connectivity index (χ0) is 14.4. The first-order valence-electron chi connectivity index (χ1n) is 7.45. The first-order chi connectivity index (χ1) is 9.07. The van der Waals surface area contributed by atoms with E-state index >= 15 is 0 Å². The number of nitrogens with two attached hydrogens (primary N) is 1. The highest BCUT2D eigenvalue weighted by Gasteiger charge is 2.16. The Bertz CT molecular complexity index is 399. The Kier molecular flexibility index (Phi) is 6.06. The van der Waals surface area contributed by atoms with Crippen molar-refractivity contribution in [2.45, 2.75) is 53.9 Å². The first kappa shape index (κ1) is 15.7. The number of aromatic nitrogens is 2. The Balaban J connectivity index is 3.06. The number of aryl methyl sites for hydroxylation is 1. The Morgan fingerprint density at radius 3 is 2.21 bits per heavy atom. The molecule has 19 heavy (non-hydrogen) atoms. The van der Waals surface area contributed by atoms with Crippen LogP contribution in [-0.4, -0.2) is 23.1 Å². The molecule has 0 unspecified atom stereocenters. The van der Waals surface area contributed by atoms with Gasteiger partial charge in [-0.25, -0.2) is 9.97 Å². The van der Waals surface area contributed by atoms with Crippen molar-refractivity contribution in [1.82, 2.24) is 9.97 Å². The standard InChI is InChI=1S/C15H28N4/c1-6-12(7-2)10-19(9-4)15-11(5)14(16)17-13(8-3)18-15/h12H,6-10H2,1-5H3,(H2,16,17,18). The first-order valence-corrected chi connectivity index (χ1v) is 7.45. The molecule has 0 aliphatic carbocycles. The number of hydrogen-bond acceptors (Lipinski definition) is 4. The van der Waals surface area contributed by atoms with Crippen LogP contribution in [0.25, 0.3) is 0 Å². The maximum absolute atomic E-state index is 6.01. The highest BCUT2D eigenvalue weighted by atomic mass is 15.2. The largest absolute Gasteiger partial charge is 0.383 e. The van der Waals surface area contributed by atoms with Crippen molar-refractivity contribution in [2.75, 3.05) is 23.7 Å². The van der Waals surface area contributed by atoms with Gasteiger partial charge in [-0.1, -0.05) is 33.6 Å². The Labute approximate surface area is 117 Å². The molecule has 1 rings (SSSR count). The van der Waals surface area contributed by atoms with E-state index in [0.717, 1.165) is 36.7 Å². The fourth-order valence-electron chi connectivity index (χ4n) is 2.26. The van der Waals surface area contributed by atoms with Gasteiger partial charge in [0, 0.05) is 25.1 Å². The lowest BCUT2D eigenvalue weighted by Crippen LogP contribution is -2.31. The highest BCUT2D eigenvalue weighted by molar-refractivity contribution is 5.56. The Hall–Kier alpha value is -1.32. The lowest BCUT2D eigenvalue weighted by atomic mass is 10.0. The summed E-state index contributed by atoms with van der Waals surface area (Å²) < 4.78 is 0. The summed E-state index contributed by atoms with van der Waals surface area (Å²) in [7, 11) is 0. The van der Waals surface area contributed by atoms with E-state index in [1.807, 2.05) is 6.92 Å². The summed E-state index contributed by atoms with van der Waals surface area (Å²) in [6.45, 7) is 12.7. The van der Waals surface area contributed by atoms with E-state index in [4.69, 9.17) is 5.73 Å². The van der Waals surface area contributed by atoms with Crippen LogP contribution in [-0.2, 0) is 6.42 Å². The van der Waals surface area contributed by atoms with Gasteiger partial charge in [-0.15, -0.1) is 0 Å². The van der Waals surface area contributed by atoms with Crippen LogP contribution in [0.4, 0.5) is 11.6 Å². The molecule has 2 N–H and O–H groups in total. The van der Waals surface area contributed by atoms with Gasteiger partial charge in [-0.2, -0.15) is 0 Å². The topological polar surface area (TPSA) is 55.0 Å². The predicted molar refractivity (Wildman–Crippen MR) is 82.5 cm³/mol. The van der Waals surface area contributed by atoms with Crippen molar-refractivity contribution < 1.29 is 0 Å². The van der Waals surface area contributed by atoms with Crippen LogP contribution in [0, 0.1) is 12.8 Å². The van der Waals surface area contributed by atoms with Gasteiger partial charge >= 0.3 is 0 Å². The summed E-state index contributed by atoms with van der Waals surface area (Å²) in [6, 6.07) is 0. The number of nitrogen functional groups attached to an aromatic ring is 1. The number of anilines is 2. The number of rotatable bonds is 7. The van der Waals surface area contributed by atoms with Crippen molar-refractivity contribution in [1.29, 1.82) is 0 Å². The van der Waals surface area contributed by atoms with Gasteiger partial charge in [0.2, 0.25) is 0 Å². The number of nitrogens with zero attached hydrogens (tertiary/aromatic N) is 3. The molecule has 1 aromatic rings. The van der Waals surface area contributed by atoms with Crippen molar-refractivity contribution in [3.05, 3.63) is 11.4 Å². The third-order valence-corrected chi connectivity index (χ3v) is 3.83. The molecule has 1 heterocycles. The molecule has 4 heteroatoms. The second-order valence-electron chi connectivity index (χ2n) is 5.05. The molecule has 0 saturated carbocycles. The van der Waals surface area contributed by atoms with E-state index in [9.17, 15) is 0 Å². The molecule has 0 atom stereocenters. The van der Waals surface area contributed by atoms with Gasteiger partial charge in [0.1, 0.15) is 17.5 Å². The van der Waals surface area contributed by atoms with E-state index in [2.05, 4.69) is 42.6 Å². The van der Waals surface area contributed by atoms with E-state index < -0.39 is 0 Å². The summed E-state index contributed by atoms with van der Waals surface area (Å²) in [5.74, 6) is 3.17. The minimum absolute atomic E-state index is 0.616. The smallest absolute Gasteiger partial charge is 0.137 e. The second kappa shape index (κ2) is 7.31. The molecule has 0 saturated heterocycles. The average molecular weight is 264 g/mol. The molecule has 0 aromatic carbocycles. The third kappa shape index (κ3) is 3.82. The van der Waals surface area contributed by atoms with Gasteiger partial charge in [0.15, 0.2) is 0 Å². The van der Waals surface area contributed by atoms with Crippen LogP contribution in [0.2, 0.25) is 0 Å². The minimum Gasteiger partial charge on any atom is -0.383 e. The van der Waals surface area contributed by atoms with Crippen molar-refractivity contribution >= 4 is 11.6 Å². The molecular weight excluding hydrogens is 236 g/mol. The van der Waals surface area contributed by atoms with Crippen molar-refractivity contribution in [3.63, 3.8) is 0 Å². The van der Waals surface area contributed by atoms with Gasteiger partial charge < -0.3 is 10.6 Å². The van der Waals surface area contributed by atoms with Crippen LogP contribution in [0.1, 0.15) is 51.9 Å². The Morgan fingerprint density at radius 2 is 1.74 bits per heavy atom. The van der Waals surface area contributed by atoms with Gasteiger partial charge in [0.25, 0.3) is 0 Å². The molecule has 0 bridgehead atoms. The third-order valence-electron chi connectivity index (χ3n) is 3.83. The van der Waals surface area contributed by atoms with E-state index in [1.54, 1.807) is 0 Å². The summed E-state index contributed by atoms with van der Waals surface area (Å²) in [6.07, 6.45) is 3.22. The molecule has 0 aliphatic rings. The molecule has 0 radical (unpaired) electrons. The fourth-order valence-corrected chi connectivity index (χ4v) is 2.26. The van der Waals surface area contributed by atoms with Gasteiger partial charge in [-0.05, 0) is 19.8 Å². The van der Waals surface area contributed by atoms with Crippen LogP contribution in [0.5, 0.6) is 0 Å². The minimum atomic E-state index is 0.616. The molecular formula is C15H28N4. The SMILES string of the molecule is CCc1nc(N)c(C)c(N(CC)CC(CC)CC)n1.